The molecule has 0 bridgehead atoms. The van der Waals surface area contributed by atoms with Gasteiger partial charge in [-0.15, -0.1) is 0 Å². The number of halogens is 1. The van der Waals surface area contributed by atoms with E-state index in [1.165, 1.54) is 0 Å². The first-order valence-electron chi connectivity index (χ1n) is 6.09. The number of hydrogen-bond acceptors (Lipinski definition) is 1. The van der Waals surface area contributed by atoms with Crippen LogP contribution in [-0.2, 0) is 0 Å². The fraction of sp³-hybridized carbons (Fsp3) is 0.500. The van der Waals surface area contributed by atoms with E-state index in [4.69, 9.17) is 11.6 Å². The normalized spacial score (nSPS) is 10.7. The summed E-state index contributed by atoms with van der Waals surface area (Å²) in [5.41, 5.74) is 1.79. The first-order chi connectivity index (χ1) is 7.99. The van der Waals surface area contributed by atoms with Crippen LogP contribution in [0.3, 0.4) is 0 Å². The lowest BCUT2D eigenvalue weighted by atomic mass is 10.0. The van der Waals surface area contributed by atoms with Crippen LogP contribution >= 0.6 is 11.6 Å². The number of carbonyl (C=O) groups is 1. The molecule has 17 heavy (non-hydrogen) atoms. The quantitative estimate of drug-likeness (QED) is 0.796. The van der Waals surface area contributed by atoms with Gasteiger partial charge >= 0.3 is 0 Å². The molecular weight excluding hydrogens is 234 g/mol. The predicted octanol–water partition coefficient (Wildman–Crippen LogP) is 3.95. The van der Waals surface area contributed by atoms with Gasteiger partial charge in [-0.05, 0) is 43.5 Å². The summed E-state index contributed by atoms with van der Waals surface area (Å²) in [6.07, 6.45) is 0. The minimum Gasteiger partial charge on any atom is -0.339 e. The van der Waals surface area contributed by atoms with Gasteiger partial charge in [0.05, 0.1) is 0 Å². The Hall–Kier alpha value is -1.02. The van der Waals surface area contributed by atoms with Crippen molar-refractivity contribution in [3.8, 4) is 0 Å². The summed E-state index contributed by atoms with van der Waals surface area (Å²) < 4.78 is 0. The Kier molecular flexibility index (Phi) is 5.01. The van der Waals surface area contributed by atoms with Crippen molar-refractivity contribution in [1.29, 1.82) is 0 Å². The Morgan fingerprint density at radius 3 is 2.29 bits per heavy atom. The molecule has 0 aliphatic rings. The van der Waals surface area contributed by atoms with E-state index < -0.39 is 0 Å². The summed E-state index contributed by atoms with van der Waals surface area (Å²) in [6, 6.07) is 5.61. The molecule has 0 saturated carbocycles. The number of nitrogens with zero attached hydrogens (tertiary/aromatic N) is 1. The third-order valence-corrected chi connectivity index (χ3v) is 3.10. The van der Waals surface area contributed by atoms with Gasteiger partial charge in [0.25, 0.3) is 5.91 Å². The van der Waals surface area contributed by atoms with Crippen molar-refractivity contribution < 1.29 is 4.79 Å². The van der Waals surface area contributed by atoms with Crippen molar-refractivity contribution in [2.75, 3.05) is 13.1 Å². The van der Waals surface area contributed by atoms with Gasteiger partial charge in [0.2, 0.25) is 0 Å². The van der Waals surface area contributed by atoms with Gasteiger partial charge in [0, 0.05) is 23.7 Å². The van der Waals surface area contributed by atoms with Gasteiger partial charge in [0.1, 0.15) is 0 Å². The number of rotatable bonds is 4. The Bertz CT molecular complexity index is 397. The van der Waals surface area contributed by atoms with Crippen LogP contribution in [0.2, 0.25) is 5.02 Å². The molecule has 0 saturated heterocycles. The van der Waals surface area contributed by atoms with Crippen molar-refractivity contribution >= 4 is 17.5 Å². The van der Waals surface area contributed by atoms with E-state index in [0.717, 1.165) is 18.7 Å². The topological polar surface area (TPSA) is 20.3 Å². The third kappa shape index (κ3) is 3.47. The second-order valence-corrected chi connectivity index (χ2v) is 4.84. The maximum absolute atomic E-state index is 12.2. The molecule has 2 nitrogen and oxygen atoms in total. The van der Waals surface area contributed by atoms with Crippen molar-refractivity contribution in [1.82, 2.24) is 4.90 Å². The van der Waals surface area contributed by atoms with Crippen molar-refractivity contribution in [2.24, 2.45) is 0 Å². The molecule has 1 aromatic carbocycles. The van der Waals surface area contributed by atoms with Gasteiger partial charge in [-0.2, -0.15) is 0 Å². The summed E-state index contributed by atoms with van der Waals surface area (Å²) >= 11 is 6.06. The van der Waals surface area contributed by atoms with E-state index in [-0.39, 0.29) is 5.91 Å². The minimum absolute atomic E-state index is 0.0550. The second-order valence-electron chi connectivity index (χ2n) is 4.41. The molecule has 0 heterocycles. The molecule has 1 amide bonds. The van der Waals surface area contributed by atoms with Crippen LogP contribution < -0.4 is 0 Å². The highest BCUT2D eigenvalue weighted by molar-refractivity contribution is 6.31. The summed E-state index contributed by atoms with van der Waals surface area (Å²) in [7, 11) is 0. The van der Waals surface area contributed by atoms with Crippen LogP contribution in [-0.4, -0.2) is 23.9 Å². The third-order valence-electron chi connectivity index (χ3n) is 2.88. The van der Waals surface area contributed by atoms with Crippen molar-refractivity contribution in [3.63, 3.8) is 0 Å². The monoisotopic (exact) mass is 253 g/mol. The first kappa shape index (κ1) is 14.0. The Morgan fingerprint density at radius 1 is 1.24 bits per heavy atom. The molecular formula is C14H20ClNO. The number of carbonyl (C=O) groups excluding carboxylic acids is 1. The molecule has 0 radical (unpaired) electrons. The van der Waals surface area contributed by atoms with Crippen LogP contribution in [0.25, 0.3) is 0 Å². The zero-order chi connectivity index (χ0) is 13.0. The van der Waals surface area contributed by atoms with Gasteiger partial charge in [0.15, 0.2) is 0 Å². The zero-order valence-corrected chi connectivity index (χ0v) is 11.7. The standard InChI is InChI=1S/C14H20ClNO/c1-5-16(6-2)14(17)12-7-11(10(3)4)8-13(15)9-12/h7-10H,5-6H2,1-4H3. The highest BCUT2D eigenvalue weighted by Crippen LogP contribution is 2.22. The summed E-state index contributed by atoms with van der Waals surface area (Å²) in [5, 5.41) is 0.631. The molecule has 0 aliphatic heterocycles. The second kappa shape index (κ2) is 6.06. The first-order valence-corrected chi connectivity index (χ1v) is 6.47. The van der Waals surface area contributed by atoms with Crippen LogP contribution in [0, 0.1) is 0 Å². The van der Waals surface area contributed by atoms with Crippen molar-refractivity contribution in [3.05, 3.63) is 34.3 Å². The van der Waals surface area contributed by atoms with Gasteiger partial charge in [-0.3, -0.25) is 4.79 Å². The number of amides is 1. The maximum Gasteiger partial charge on any atom is 0.253 e. The average molecular weight is 254 g/mol. The Morgan fingerprint density at radius 2 is 1.82 bits per heavy atom. The maximum atomic E-state index is 12.2. The van der Waals surface area contributed by atoms with Crippen LogP contribution in [0.5, 0.6) is 0 Å². The predicted molar refractivity (Wildman–Crippen MR) is 72.8 cm³/mol. The van der Waals surface area contributed by atoms with E-state index >= 15 is 0 Å². The lowest BCUT2D eigenvalue weighted by molar-refractivity contribution is 0.0773. The lowest BCUT2D eigenvalue weighted by Gasteiger charge is -2.19. The van der Waals surface area contributed by atoms with Gasteiger partial charge in [-0.1, -0.05) is 25.4 Å². The molecule has 0 N–H and O–H groups in total. The van der Waals surface area contributed by atoms with E-state index in [0.29, 0.717) is 16.5 Å². The molecule has 1 aromatic rings. The molecule has 94 valence electrons. The molecule has 0 aromatic heterocycles. The van der Waals surface area contributed by atoms with E-state index in [1.54, 1.807) is 11.0 Å². The largest absolute Gasteiger partial charge is 0.339 e. The summed E-state index contributed by atoms with van der Waals surface area (Å²) in [4.78, 5) is 14.0. The molecule has 0 spiro atoms. The fourth-order valence-corrected chi connectivity index (χ4v) is 2.01. The highest BCUT2D eigenvalue weighted by atomic mass is 35.5. The summed E-state index contributed by atoms with van der Waals surface area (Å²) in [6.45, 7) is 9.59. The van der Waals surface area contributed by atoms with Crippen LogP contribution in [0.1, 0.15) is 49.5 Å². The molecule has 0 fully saturated rings. The molecule has 0 aliphatic carbocycles. The number of benzene rings is 1. The number of hydrogen-bond donors (Lipinski definition) is 0. The molecule has 0 atom stereocenters. The van der Waals surface area contributed by atoms with Gasteiger partial charge in [-0.25, -0.2) is 0 Å². The Balaban J connectivity index is 3.09. The molecule has 0 unspecified atom stereocenters. The summed E-state index contributed by atoms with van der Waals surface area (Å²) in [5.74, 6) is 0.427. The van der Waals surface area contributed by atoms with E-state index in [2.05, 4.69) is 13.8 Å². The van der Waals surface area contributed by atoms with Gasteiger partial charge < -0.3 is 4.90 Å². The molecule has 3 heteroatoms. The zero-order valence-electron chi connectivity index (χ0n) is 11.0. The Labute approximate surface area is 109 Å². The minimum atomic E-state index is 0.0550. The average Bonchev–Trinajstić information content (AvgIpc) is 2.29. The van der Waals surface area contributed by atoms with E-state index in [9.17, 15) is 4.79 Å². The fourth-order valence-electron chi connectivity index (χ4n) is 1.76. The smallest absolute Gasteiger partial charge is 0.253 e. The van der Waals surface area contributed by atoms with Crippen molar-refractivity contribution in [2.45, 2.75) is 33.6 Å². The van der Waals surface area contributed by atoms with Crippen LogP contribution in [0.15, 0.2) is 18.2 Å². The van der Waals surface area contributed by atoms with Crippen LogP contribution in [0.4, 0.5) is 0 Å². The highest BCUT2D eigenvalue weighted by Gasteiger charge is 2.14. The molecule has 1 rings (SSSR count). The van der Waals surface area contributed by atoms with E-state index in [1.807, 2.05) is 26.0 Å². The SMILES string of the molecule is CCN(CC)C(=O)c1cc(Cl)cc(C(C)C)c1. The lowest BCUT2D eigenvalue weighted by Crippen LogP contribution is -2.30.